The molecule has 1 heterocycles. The molecule has 0 radical (unpaired) electrons. The standard InChI is InChI=1S/C13H7F3N2O/c14-13(15,16)10-5-1-2-6-11(10)19-12-9(8-17)4-3-7-18-12/h1-7H. The highest BCUT2D eigenvalue weighted by Gasteiger charge is 2.34. The smallest absolute Gasteiger partial charge is 0.419 e. The molecular formula is C13H7F3N2O. The average Bonchev–Trinajstić information content (AvgIpc) is 2.39. The second-order valence-corrected chi connectivity index (χ2v) is 3.56. The van der Waals surface area contributed by atoms with Gasteiger partial charge in [0.15, 0.2) is 0 Å². The first kappa shape index (κ1) is 12.9. The lowest BCUT2D eigenvalue weighted by atomic mass is 10.2. The maximum Gasteiger partial charge on any atom is 0.419 e. The summed E-state index contributed by atoms with van der Waals surface area (Å²) < 4.78 is 43.4. The van der Waals surface area contributed by atoms with Gasteiger partial charge in [-0.1, -0.05) is 12.1 Å². The number of alkyl halides is 3. The highest BCUT2D eigenvalue weighted by molar-refractivity contribution is 5.43. The second kappa shape index (κ2) is 4.98. The molecule has 1 aromatic carbocycles. The number of pyridine rings is 1. The summed E-state index contributed by atoms with van der Waals surface area (Å²) in [6, 6.07) is 9.49. The van der Waals surface area contributed by atoms with E-state index in [-0.39, 0.29) is 17.2 Å². The molecule has 0 spiro atoms. The Kier molecular flexibility index (Phi) is 3.38. The first-order valence-corrected chi connectivity index (χ1v) is 5.21. The van der Waals surface area contributed by atoms with Gasteiger partial charge in [0.25, 0.3) is 0 Å². The van der Waals surface area contributed by atoms with Crippen molar-refractivity contribution in [1.82, 2.24) is 4.98 Å². The number of nitrogens with zero attached hydrogens (tertiary/aromatic N) is 2. The van der Waals surface area contributed by atoms with Crippen molar-refractivity contribution >= 4 is 0 Å². The second-order valence-electron chi connectivity index (χ2n) is 3.56. The van der Waals surface area contributed by atoms with E-state index in [1.54, 1.807) is 6.07 Å². The zero-order chi connectivity index (χ0) is 13.9. The van der Waals surface area contributed by atoms with Crippen LogP contribution in [0.3, 0.4) is 0 Å². The summed E-state index contributed by atoms with van der Waals surface area (Å²) in [5.74, 6) is -0.535. The van der Waals surface area contributed by atoms with Crippen molar-refractivity contribution in [3.8, 4) is 17.7 Å². The van der Waals surface area contributed by atoms with Crippen molar-refractivity contribution in [1.29, 1.82) is 5.26 Å². The van der Waals surface area contributed by atoms with Crippen LogP contribution in [0.4, 0.5) is 13.2 Å². The molecule has 0 N–H and O–H groups in total. The Bertz CT molecular complexity index is 632. The van der Waals surface area contributed by atoms with Crippen LogP contribution in [0, 0.1) is 11.3 Å². The van der Waals surface area contributed by atoms with Crippen molar-refractivity contribution in [3.05, 3.63) is 53.7 Å². The van der Waals surface area contributed by atoms with Crippen LogP contribution in [0.1, 0.15) is 11.1 Å². The molecule has 0 aliphatic rings. The van der Waals surface area contributed by atoms with Crippen LogP contribution in [0.5, 0.6) is 11.6 Å². The number of nitriles is 1. The molecule has 19 heavy (non-hydrogen) atoms. The Balaban J connectivity index is 2.43. The van der Waals surface area contributed by atoms with Crippen LogP contribution in [0.15, 0.2) is 42.6 Å². The van der Waals surface area contributed by atoms with Gasteiger partial charge >= 0.3 is 6.18 Å². The zero-order valence-electron chi connectivity index (χ0n) is 9.48. The molecule has 0 bridgehead atoms. The lowest BCUT2D eigenvalue weighted by molar-refractivity contribution is -0.138. The van der Waals surface area contributed by atoms with E-state index in [1.807, 2.05) is 0 Å². The minimum absolute atomic E-state index is 0.0690. The van der Waals surface area contributed by atoms with Gasteiger partial charge in [0.1, 0.15) is 17.4 Å². The van der Waals surface area contributed by atoms with Crippen LogP contribution in [-0.2, 0) is 6.18 Å². The summed E-state index contributed by atoms with van der Waals surface area (Å²) in [6.07, 6.45) is -3.19. The average molecular weight is 264 g/mol. The van der Waals surface area contributed by atoms with Crippen LogP contribution in [0.25, 0.3) is 0 Å². The van der Waals surface area contributed by atoms with E-state index < -0.39 is 11.7 Å². The van der Waals surface area contributed by atoms with Gasteiger partial charge < -0.3 is 4.74 Å². The van der Waals surface area contributed by atoms with Crippen LogP contribution in [0.2, 0.25) is 0 Å². The topological polar surface area (TPSA) is 45.9 Å². The normalized spacial score (nSPS) is 10.8. The van der Waals surface area contributed by atoms with E-state index >= 15 is 0 Å². The van der Waals surface area contributed by atoms with Crippen molar-refractivity contribution < 1.29 is 17.9 Å². The molecule has 0 aliphatic carbocycles. The Morgan fingerprint density at radius 1 is 1.11 bits per heavy atom. The zero-order valence-corrected chi connectivity index (χ0v) is 9.48. The van der Waals surface area contributed by atoms with E-state index in [4.69, 9.17) is 10.00 Å². The highest BCUT2D eigenvalue weighted by atomic mass is 19.4. The number of aromatic nitrogens is 1. The number of halogens is 3. The minimum atomic E-state index is -4.53. The summed E-state index contributed by atoms with van der Waals surface area (Å²) in [5, 5.41) is 8.83. The summed E-state index contributed by atoms with van der Waals surface area (Å²) in [4.78, 5) is 3.76. The van der Waals surface area contributed by atoms with Gasteiger partial charge in [0.2, 0.25) is 5.88 Å². The number of rotatable bonds is 2. The Labute approximate surface area is 106 Å². The molecule has 2 aromatic rings. The molecule has 0 atom stereocenters. The van der Waals surface area contributed by atoms with Gasteiger partial charge in [-0.25, -0.2) is 4.98 Å². The first-order chi connectivity index (χ1) is 9.02. The molecule has 96 valence electrons. The van der Waals surface area contributed by atoms with E-state index in [1.165, 1.54) is 36.5 Å². The summed E-state index contributed by atoms with van der Waals surface area (Å²) >= 11 is 0. The number of benzene rings is 1. The van der Waals surface area contributed by atoms with Crippen LogP contribution >= 0.6 is 0 Å². The van der Waals surface area contributed by atoms with Crippen molar-refractivity contribution in [2.45, 2.75) is 6.18 Å². The predicted molar refractivity (Wildman–Crippen MR) is 60.5 cm³/mol. The van der Waals surface area contributed by atoms with Crippen molar-refractivity contribution in [3.63, 3.8) is 0 Å². The number of para-hydroxylation sites is 1. The van der Waals surface area contributed by atoms with Crippen LogP contribution in [-0.4, -0.2) is 4.98 Å². The van der Waals surface area contributed by atoms with E-state index in [2.05, 4.69) is 4.98 Å². The third kappa shape index (κ3) is 2.83. The Morgan fingerprint density at radius 3 is 2.53 bits per heavy atom. The molecule has 0 fully saturated rings. The van der Waals surface area contributed by atoms with Gasteiger partial charge in [-0.05, 0) is 24.3 Å². The number of ether oxygens (including phenoxy) is 1. The molecular weight excluding hydrogens is 257 g/mol. The fraction of sp³-hybridized carbons (Fsp3) is 0.0769. The van der Waals surface area contributed by atoms with Gasteiger partial charge in [0, 0.05) is 6.20 Å². The quantitative estimate of drug-likeness (QED) is 0.829. The van der Waals surface area contributed by atoms with Gasteiger partial charge in [-0.2, -0.15) is 18.4 Å². The third-order valence-corrected chi connectivity index (χ3v) is 2.29. The van der Waals surface area contributed by atoms with Gasteiger partial charge in [-0.15, -0.1) is 0 Å². The van der Waals surface area contributed by atoms with E-state index in [9.17, 15) is 13.2 Å². The molecule has 0 saturated heterocycles. The fourth-order valence-electron chi connectivity index (χ4n) is 1.45. The fourth-order valence-corrected chi connectivity index (χ4v) is 1.45. The molecule has 0 aliphatic heterocycles. The monoisotopic (exact) mass is 264 g/mol. The Hall–Kier alpha value is -2.55. The molecule has 0 saturated carbocycles. The molecule has 0 amide bonds. The summed E-state index contributed by atoms with van der Waals surface area (Å²) in [7, 11) is 0. The lowest BCUT2D eigenvalue weighted by Gasteiger charge is -2.13. The highest BCUT2D eigenvalue weighted by Crippen LogP contribution is 2.37. The first-order valence-electron chi connectivity index (χ1n) is 5.21. The van der Waals surface area contributed by atoms with Gasteiger partial charge in [0.05, 0.1) is 5.56 Å². The lowest BCUT2D eigenvalue weighted by Crippen LogP contribution is -2.07. The SMILES string of the molecule is N#Cc1cccnc1Oc1ccccc1C(F)(F)F. The summed E-state index contributed by atoms with van der Waals surface area (Å²) in [6.45, 7) is 0. The summed E-state index contributed by atoms with van der Waals surface area (Å²) in [5.41, 5.74) is -0.843. The maximum absolute atomic E-state index is 12.8. The molecule has 3 nitrogen and oxygen atoms in total. The minimum Gasteiger partial charge on any atom is -0.437 e. The predicted octanol–water partition coefficient (Wildman–Crippen LogP) is 3.76. The molecule has 1 aromatic heterocycles. The number of hydrogen-bond donors (Lipinski definition) is 0. The largest absolute Gasteiger partial charge is 0.437 e. The number of hydrogen-bond acceptors (Lipinski definition) is 3. The van der Waals surface area contributed by atoms with Crippen molar-refractivity contribution in [2.24, 2.45) is 0 Å². The van der Waals surface area contributed by atoms with Crippen LogP contribution < -0.4 is 4.74 Å². The third-order valence-electron chi connectivity index (χ3n) is 2.29. The molecule has 6 heteroatoms. The van der Waals surface area contributed by atoms with E-state index in [0.717, 1.165) is 6.07 Å². The maximum atomic E-state index is 12.8. The molecule has 2 rings (SSSR count). The Morgan fingerprint density at radius 2 is 1.84 bits per heavy atom. The van der Waals surface area contributed by atoms with Gasteiger partial charge in [-0.3, -0.25) is 0 Å². The van der Waals surface area contributed by atoms with E-state index in [0.29, 0.717) is 0 Å². The van der Waals surface area contributed by atoms with Crippen molar-refractivity contribution in [2.75, 3.05) is 0 Å². The molecule has 0 unspecified atom stereocenters.